The molecule has 0 fully saturated rings. The van der Waals surface area contributed by atoms with Crippen molar-refractivity contribution in [2.24, 2.45) is 0 Å². The molecule has 1 nitrogen and oxygen atoms in total. The van der Waals surface area contributed by atoms with Crippen LogP contribution in [-0.2, 0) is 13.0 Å². The van der Waals surface area contributed by atoms with Crippen molar-refractivity contribution in [2.75, 3.05) is 5.32 Å². The fourth-order valence-corrected chi connectivity index (χ4v) is 2.27. The molecule has 100 valence electrons. The maximum Gasteiger partial charge on any atom is 0.129 e. The van der Waals surface area contributed by atoms with Gasteiger partial charge < -0.3 is 5.32 Å². The zero-order chi connectivity index (χ0) is 13.7. The van der Waals surface area contributed by atoms with E-state index < -0.39 is 0 Å². The van der Waals surface area contributed by atoms with Crippen LogP contribution in [0, 0.1) is 5.82 Å². The highest BCUT2D eigenvalue weighted by molar-refractivity contribution is 9.10. The maximum atomic E-state index is 13.6. The van der Waals surface area contributed by atoms with Crippen LogP contribution in [0.15, 0.2) is 46.9 Å². The van der Waals surface area contributed by atoms with Crippen LogP contribution < -0.4 is 5.32 Å². The molecular formula is C16H17BrFN. The summed E-state index contributed by atoms with van der Waals surface area (Å²) in [6.07, 6.45) is 2.25. The van der Waals surface area contributed by atoms with Crippen LogP contribution in [0.5, 0.6) is 0 Å². The Bertz CT molecular complexity index is 537. The lowest BCUT2D eigenvalue weighted by Gasteiger charge is -2.08. The number of hydrogen-bond acceptors (Lipinski definition) is 1. The summed E-state index contributed by atoms with van der Waals surface area (Å²) >= 11 is 3.25. The normalized spacial score (nSPS) is 10.5. The molecule has 0 atom stereocenters. The second-order valence-corrected chi connectivity index (χ2v) is 5.45. The Morgan fingerprint density at radius 3 is 2.47 bits per heavy atom. The van der Waals surface area contributed by atoms with Gasteiger partial charge in [-0.15, -0.1) is 0 Å². The highest BCUT2D eigenvalue weighted by Crippen LogP contribution is 2.17. The molecule has 1 N–H and O–H groups in total. The Hall–Kier alpha value is -1.35. The monoisotopic (exact) mass is 321 g/mol. The molecule has 2 aromatic carbocycles. The maximum absolute atomic E-state index is 13.6. The first-order valence-corrected chi connectivity index (χ1v) is 7.25. The molecule has 0 amide bonds. The third-order valence-corrected chi connectivity index (χ3v) is 3.48. The predicted octanol–water partition coefficient (Wildman–Crippen LogP) is 5.15. The van der Waals surface area contributed by atoms with Crippen molar-refractivity contribution in [3.8, 4) is 0 Å². The molecule has 0 saturated carbocycles. The van der Waals surface area contributed by atoms with E-state index in [0.717, 1.165) is 23.0 Å². The van der Waals surface area contributed by atoms with Gasteiger partial charge >= 0.3 is 0 Å². The number of aryl methyl sites for hydroxylation is 1. The third kappa shape index (κ3) is 4.06. The lowest BCUT2D eigenvalue weighted by atomic mass is 10.1. The van der Waals surface area contributed by atoms with Crippen molar-refractivity contribution < 1.29 is 4.39 Å². The van der Waals surface area contributed by atoms with Crippen LogP contribution in [0.3, 0.4) is 0 Å². The average Bonchev–Trinajstić information content (AvgIpc) is 2.40. The van der Waals surface area contributed by atoms with Crippen molar-refractivity contribution in [3.05, 3.63) is 63.9 Å². The van der Waals surface area contributed by atoms with Crippen molar-refractivity contribution in [1.29, 1.82) is 0 Å². The second kappa shape index (κ2) is 6.71. The van der Waals surface area contributed by atoms with Gasteiger partial charge in [-0.05, 0) is 36.2 Å². The molecule has 0 spiro atoms. The Morgan fingerprint density at radius 2 is 1.84 bits per heavy atom. The standard InChI is InChI=1S/C16H17BrFN/c1-2-3-12-4-8-15(9-5-12)19-11-13-6-7-14(17)10-16(13)18/h4-10,19H,2-3,11H2,1H3. The molecule has 0 radical (unpaired) electrons. The van der Waals surface area contributed by atoms with Crippen molar-refractivity contribution >= 4 is 21.6 Å². The fourth-order valence-electron chi connectivity index (χ4n) is 1.94. The second-order valence-electron chi connectivity index (χ2n) is 4.54. The smallest absolute Gasteiger partial charge is 0.129 e. The summed E-state index contributed by atoms with van der Waals surface area (Å²) in [4.78, 5) is 0. The van der Waals surface area contributed by atoms with Gasteiger partial charge in [-0.1, -0.05) is 47.5 Å². The van der Waals surface area contributed by atoms with Gasteiger partial charge in [-0.3, -0.25) is 0 Å². The van der Waals surface area contributed by atoms with Gasteiger partial charge in [0, 0.05) is 22.3 Å². The Kier molecular flexibility index (Phi) is 4.97. The van der Waals surface area contributed by atoms with Gasteiger partial charge in [-0.25, -0.2) is 4.39 Å². The SMILES string of the molecule is CCCc1ccc(NCc2ccc(Br)cc2F)cc1. The van der Waals surface area contributed by atoms with Gasteiger partial charge in [0.1, 0.15) is 5.82 Å². The first kappa shape index (κ1) is 14.1. The van der Waals surface area contributed by atoms with Crippen LogP contribution in [-0.4, -0.2) is 0 Å². The lowest BCUT2D eigenvalue weighted by molar-refractivity contribution is 0.612. The summed E-state index contributed by atoms with van der Waals surface area (Å²) in [6, 6.07) is 13.4. The van der Waals surface area contributed by atoms with E-state index in [1.807, 2.05) is 18.2 Å². The molecule has 2 aromatic rings. The van der Waals surface area contributed by atoms with E-state index in [0.29, 0.717) is 12.1 Å². The molecule has 0 bridgehead atoms. The molecule has 3 heteroatoms. The van der Waals surface area contributed by atoms with E-state index in [1.54, 1.807) is 6.07 Å². The van der Waals surface area contributed by atoms with E-state index in [9.17, 15) is 4.39 Å². The third-order valence-electron chi connectivity index (χ3n) is 2.99. The van der Waals surface area contributed by atoms with E-state index in [4.69, 9.17) is 0 Å². The van der Waals surface area contributed by atoms with E-state index in [2.05, 4.69) is 40.3 Å². The highest BCUT2D eigenvalue weighted by Gasteiger charge is 2.02. The zero-order valence-corrected chi connectivity index (χ0v) is 12.5. The van der Waals surface area contributed by atoms with Crippen LogP contribution >= 0.6 is 15.9 Å². The Morgan fingerprint density at radius 1 is 1.11 bits per heavy atom. The van der Waals surface area contributed by atoms with Crippen molar-refractivity contribution in [3.63, 3.8) is 0 Å². The van der Waals surface area contributed by atoms with E-state index >= 15 is 0 Å². The molecule has 0 aliphatic carbocycles. The number of halogens is 2. The Balaban J connectivity index is 1.98. The minimum atomic E-state index is -0.190. The summed E-state index contributed by atoms with van der Waals surface area (Å²) < 4.78 is 14.4. The number of hydrogen-bond donors (Lipinski definition) is 1. The lowest BCUT2D eigenvalue weighted by Crippen LogP contribution is -2.01. The first-order valence-electron chi connectivity index (χ1n) is 6.46. The van der Waals surface area contributed by atoms with Gasteiger partial charge in [0.05, 0.1) is 0 Å². The summed E-state index contributed by atoms with van der Waals surface area (Å²) in [7, 11) is 0. The summed E-state index contributed by atoms with van der Waals surface area (Å²) in [6.45, 7) is 2.66. The van der Waals surface area contributed by atoms with Crippen LogP contribution in [0.4, 0.5) is 10.1 Å². The first-order chi connectivity index (χ1) is 9.19. The molecule has 2 rings (SSSR count). The minimum absolute atomic E-state index is 0.190. The summed E-state index contributed by atoms with van der Waals surface area (Å²) in [5.74, 6) is -0.190. The molecule has 0 aromatic heterocycles. The predicted molar refractivity (Wildman–Crippen MR) is 81.9 cm³/mol. The zero-order valence-electron chi connectivity index (χ0n) is 10.9. The average molecular weight is 322 g/mol. The molecule has 0 aliphatic heterocycles. The van der Waals surface area contributed by atoms with Crippen LogP contribution in [0.25, 0.3) is 0 Å². The van der Waals surface area contributed by atoms with Crippen molar-refractivity contribution in [1.82, 2.24) is 0 Å². The largest absolute Gasteiger partial charge is 0.381 e. The van der Waals surface area contributed by atoms with Gasteiger partial charge in [-0.2, -0.15) is 0 Å². The molecular weight excluding hydrogens is 305 g/mol. The summed E-state index contributed by atoms with van der Waals surface area (Å²) in [5.41, 5.74) is 3.02. The van der Waals surface area contributed by atoms with Crippen molar-refractivity contribution in [2.45, 2.75) is 26.3 Å². The topological polar surface area (TPSA) is 12.0 Å². The molecule has 0 heterocycles. The summed E-state index contributed by atoms with van der Waals surface area (Å²) in [5, 5.41) is 3.24. The van der Waals surface area contributed by atoms with Crippen LogP contribution in [0.1, 0.15) is 24.5 Å². The number of rotatable bonds is 5. The van der Waals surface area contributed by atoms with Gasteiger partial charge in [0.25, 0.3) is 0 Å². The molecule has 19 heavy (non-hydrogen) atoms. The van der Waals surface area contributed by atoms with E-state index in [-0.39, 0.29) is 5.82 Å². The highest BCUT2D eigenvalue weighted by atomic mass is 79.9. The molecule has 0 aliphatic rings. The van der Waals surface area contributed by atoms with Gasteiger partial charge in [0.15, 0.2) is 0 Å². The number of benzene rings is 2. The number of anilines is 1. The van der Waals surface area contributed by atoms with E-state index in [1.165, 1.54) is 11.6 Å². The minimum Gasteiger partial charge on any atom is -0.381 e. The molecule has 0 unspecified atom stereocenters. The quantitative estimate of drug-likeness (QED) is 0.802. The number of nitrogens with one attached hydrogen (secondary N) is 1. The fraction of sp³-hybridized carbons (Fsp3) is 0.250. The van der Waals surface area contributed by atoms with Crippen LogP contribution in [0.2, 0.25) is 0 Å². The molecule has 0 saturated heterocycles. The van der Waals surface area contributed by atoms with Gasteiger partial charge in [0.2, 0.25) is 0 Å². The Labute approximate surface area is 122 Å².